The topological polar surface area (TPSA) is 104 Å². The highest BCUT2D eigenvalue weighted by molar-refractivity contribution is 7.92. The molecule has 0 aliphatic heterocycles. The maximum absolute atomic E-state index is 13.6. The summed E-state index contributed by atoms with van der Waals surface area (Å²) in [6, 6.07) is 10.0. The van der Waals surface area contributed by atoms with E-state index in [9.17, 15) is 22.8 Å². The van der Waals surface area contributed by atoms with E-state index in [4.69, 9.17) is 23.2 Å². The molecule has 2 amide bonds. The number of carbonyl (C=O) groups excluding carboxylic acids is 3. The Hall–Kier alpha value is -2.62. The van der Waals surface area contributed by atoms with Crippen molar-refractivity contribution in [3.05, 3.63) is 63.6 Å². The summed E-state index contributed by atoms with van der Waals surface area (Å²) in [5.41, 5.74) is 0.906. The molecule has 0 bridgehead atoms. The lowest BCUT2D eigenvalue weighted by Gasteiger charge is -2.33. The number of carbonyl (C=O) groups is 3. The van der Waals surface area contributed by atoms with E-state index < -0.39 is 28.5 Å². The predicted molar refractivity (Wildman–Crippen MR) is 138 cm³/mol. The molecule has 2 rings (SSSR count). The molecule has 0 saturated heterocycles. The van der Waals surface area contributed by atoms with E-state index in [1.54, 1.807) is 44.2 Å². The second-order valence-corrected chi connectivity index (χ2v) is 10.6. The number of Topliss-reactive ketones (excluding diaryl/α,β-unsaturated/α-hetero) is 1. The fourth-order valence-corrected chi connectivity index (χ4v) is 4.92. The van der Waals surface area contributed by atoms with Crippen LogP contribution in [0.5, 0.6) is 0 Å². The minimum Gasteiger partial charge on any atom is -0.355 e. The summed E-state index contributed by atoms with van der Waals surface area (Å²) in [5, 5.41) is 3.34. The van der Waals surface area contributed by atoms with Crippen molar-refractivity contribution in [1.82, 2.24) is 10.2 Å². The van der Waals surface area contributed by atoms with E-state index in [1.165, 1.54) is 24.0 Å². The van der Waals surface area contributed by atoms with Crippen molar-refractivity contribution in [2.75, 3.05) is 23.7 Å². The van der Waals surface area contributed by atoms with Crippen LogP contribution in [0.15, 0.2) is 42.5 Å². The number of sulfonamides is 1. The van der Waals surface area contributed by atoms with E-state index in [1.807, 2.05) is 0 Å². The normalized spacial score (nSPS) is 12.1. The number of anilines is 1. The summed E-state index contributed by atoms with van der Waals surface area (Å²) < 4.78 is 26.2. The first-order chi connectivity index (χ1) is 16.4. The van der Waals surface area contributed by atoms with E-state index in [-0.39, 0.29) is 30.3 Å². The molecule has 0 aliphatic carbocycles. The lowest BCUT2D eigenvalue weighted by molar-refractivity contribution is -0.140. The molecular formula is C24H29Cl2N3O5S. The van der Waals surface area contributed by atoms with E-state index in [2.05, 4.69) is 5.32 Å². The number of nitrogens with zero attached hydrogens (tertiary/aromatic N) is 2. The highest BCUT2D eigenvalue weighted by Gasteiger charge is 2.32. The number of nitrogens with one attached hydrogen (secondary N) is 1. The van der Waals surface area contributed by atoms with E-state index in [0.717, 1.165) is 10.6 Å². The molecule has 2 aromatic rings. The molecule has 0 spiro atoms. The molecule has 1 atom stereocenters. The smallest absolute Gasteiger partial charge is 0.244 e. The number of hydrogen-bond donors (Lipinski definition) is 1. The minimum absolute atomic E-state index is 0.0991. The molecule has 35 heavy (non-hydrogen) atoms. The van der Waals surface area contributed by atoms with Crippen LogP contribution in [0.4, 0.5) is 5.69 Å². The number of halogens is 2. The Bertz CT molecular complexity index is 1180. The zero-order valence-corrected chi connectivity index (χ0v) is 22.4. The Kier molecular flexibility index (Phi) is 10.1. The summed E-state index contributed by atoms with van der Waals surface area (Å²) >= 11 is 12.7. The third-order valence-corrected chi connectivity index (χ3v) is 7.20. The molecule has 11 heteroatoms. The Morgan fingerprint density at radius 1 is 1.03 bits per heavy atom. The van der Waals surface area contributed by atoms with Crippen LogP contribution in [0.25, 0.3) is 0 Å². The molecule has 0 aliphatic rings. The summed E-state index contributed by atoms with van der Waals surface area (Å²) in [6.45, 7) is 4.55. The summed E-state index contributed by atoms with van der Waals surface area (Å²) in [4.78, 5) is 39.5. The lowest BCUT2D eigenvalue weighted by Crippen LogP contribution is -2.52. The third-order valence-electron chi connectivity index (χ3n) is 5.35. The van der Waals surface area contributed by atoms with Crippen molar-refractivity contribution in [3.63, 3.8) is 0 Å². The number of ketones is 1. The van der Waals surface area contributed by atoms with Gasteiger partial charge in [-0.05, 0) is 44.5 Å². The second kappa shape index (κ2) is 12.4. The maximum atomic E-state index is 13.6. The molecule has 190 valence electrons. The minimum atomic E-state index is -3.92. The van der Waals surface area contributed by atoms with Gasteiger partial charge in [0.25, 0.3) is 0 Å². The van der Waals surface area contributed by atoms with Crippen molar-refractivity contribution in [1.29, 1.82) is 0 Å². The van der Waals surface area contributed by atoms with Gasteiger partial charge < -0.3 is 10.2 Å². The van der Waals surface area contributed by atoms with Crippen LogP contribution >= 0.6 is 23.2 Å². The monoisotopic (exact) mass is 541 g/mol. The van der Waals surface area contributed by atoms with Crippen LogP contribution in [-0.2, 0) is 26.2 Å². The molecule has 0 heterocycles. The molecule has 1 N–H and O–H groups in total. The molecule has 0 fully saturated rings. The zero-order chi connectivity index (χ0) is 26.3. The van der Waals surface area contributed by atoms with Crippen molar-refractivity contribution in [2.24, 2.45) is 0 Å². The van der Waals surface area contributed by atoms with Gasteiger partial charge in [0, 0.05) is 34.3 Å². The van der Waals surface area contributed by atoms with Gasteiger partial charge in [-0.1, -0.05) is 48.3 Å². The van der Waals surface area contributed by atoms with E-state index >= 15 is 0 Å². The van der Waals surface area contributed by atoms with Crippen LogP contribution in [-0.4, -0.2) is 56.3 Å². The highest BCUT2D eigenvalue weighted by Crippen LogP contribution is 2.28. The van der Waals surface area contributed by atoms with Crippen LogP contribution in [0, 0.1) is 0 Å². The Balaban J connectivity index is 2.53. The van der Waals surface area contributed by atoms with Crippen molar-refractivity contribution >= 4 is 56.5 Å². The summed E-state index contributed by atoms with van der Waals surface area (Å²) in [5.74, 6) is -1.25. The van der Waals surface area contributed by atoms with Crippen molar-refractivity contribution in [2.45, 2.75) is 39.8 Å². The fraction of sp³-hybridized carbons (Fsp3) is 0.375. The molecule has 8 nitrogen and oxygen atoms in total. The van der Waals surface area contributed by atoms with Crippen LogP contribution < -0.4 is 9.62 Å². The summed E-state index contributed by atoms with van der Waals surface area (Å²) in [7, 11) is -3.92. The first-order valence-corrected chi connectivity index (χ1v) is 13.6. The fourth-order valence-electron chi connectivity index (χ4n) is 3.56. The van der Waals surface area contributed by atoms with Crippen LogP contribution in [0.3, 0.4) is 0 Å². The lowest BCUT2D eigenvalue weighted by atomic mass is 10.1. The predicted octanol–water partition coefficient (Wildman–Crippen LogP) is 3.91. The molecule has 2 aromatic carbocycles. The van der Waals surface area contributed by atoms with Gasteiger partial charge in [0.15, 0.2) is 5.78 Å². The average Bonchev–Trinajstić information content (AvgIpc) is 2.78. The quantitative estimate of drug-likeness (QED) is 0.434. The van der Waals surface area contributed by atoms with Gasteiger partial charge in [0.05, 0.1) is 11.9 Å². The van der Waals surface area contributed by atoms with Gasteiger partial charge in [-0.2, -0.15) is 0 Å². The van der Waals surface area contributed by atoms with Crippen LogP contribution in [0.2, 0.25) is 10.0 Å². The van der Waals surface area contributed by atoms with Crippen molar-refractivity contribution in [3.8, 4) is 0 Å². The van der Waals surface area contributed by atoms with Gasteiger partial charge in [0.2, 0.25) is 21.8 Å². The Morgan fingerprint density at radius 2 is 1.63 bits per heavy atom. The van der Waals surface area contributed by atoms with Crippen molar-refractivity contribution < 1.29 is 22.8 Å². The van der Waals surface area contributed by atoms with Gasteiger partial charge >= 0.3 is 0 Å². The molecule has 0 saturated carbocycles. The maximum Gasteiger partial charge on any atom is 0.244 e. The number of rotatable bonds is 11. The first-order valence-electron chi connectivity index (χ1n) is 11.0. The van der Waals surface area contributed by atoms with Crippen LogP contribution in [0.1, 0.15) is 43.1 Å². The Labute approximate surface area is 216 Å². The summed E-state index contributed by atoms with van der Waals surface area (Å²) in [6.07, 6.45) is 1.25. The molecule has 0 unspecified atom stereocenters. The largest absolute Gasteiger partial charge is 0.355 e. The number of amides is 2. The standard InChI is InChI=1S/C24H29Cl2N3O5S/c1-5-22(24(32)27-6-2)28(14-19-20(25)11-8-12-21(19)26)23(31)15-29(35(4,33)34)18-10-7-9-17(13-18)16(3)30/h7-13,22H,5-6,14-15H2,1-4H3,(H,27,32)/t22-/m0/s1. The van der Waals surface area contributed by atoms with Gasteiger partial charge in [0.1, 0.15) is 12.6 Å². The average molecular weight is 542 g/mol. The molecule has 0 radical (unpaired) electrons. The van der Waals surface area contributed by atoms with Gasteiger partial charge in [-0.15, -0.1) is 0 Å². The molecular weight excluding hydrogens is 513 g/mol. The SMILES string of the molecule is CCNC(=O)[C@H](CC)N(Cc1c(Cl)cccc1Cl)C(=O)CN(c1cccc(C(C)=O)c1)S(C)(=O)=O. The number of benzene rings is 2. The van der Waals surface area contributed by atoms with E-state index in [0.29, 0.717) is 27.7 Å². The molecule has 0 aromatic heterocycles. The van der Waals surface area contributed by atoms with Gasteiger partial charge in [-0.3, -0.25) is 18.7 Å². The number of hydrogen-bond acceptors (Lipinski definition) is 5. The van der Waals surface area contributed by atoms with Gasteiger partial charge in [-0.25, -0.2) is 8.42 Å². The first kappa shape index (κ1) is 28.6. The Morgan fingerprint density at radius 3 is 2.14 bits per heavy atom. The zero-order valence-electron chi connectivity index (χ0n) is 20.0. The second-order valence-electron chi connectivity index (χ2n) is 7.92. The third kappa shape index (κ3) is 7.43. The number of likely N-dealkylation sites (N-methyl/N-ethyl adjacent to an activating group) is 1. The highest BCUT2D eigenvalue weighted by atomic mass is 35.5.